The third kappa shape index (κ3) is 11.2. The molecule has 0 radical (unpaired) electrons. The number of ether oxygens (including phenoxy) is 11. The van der Waals surface area contributed by atoms with Crippen LogP contribution in [0.3, 0.4) is 0 Å². The molecule has 6 aliphatic heterocycles. The fourth-order valence-corrected chi connectivity index (χ4v) is 8.52. The van der Waals surface area contributed by atoms with Crippen molar-refractivity contribution in [2.45, 2.75) is 184 Å². The summed E-state index contributed by atoms with van der Waals surface area (Å²) >= 11 is 0. The first-order valence-corrected chi connectivity index (χ1v) is 21.1. The molecular weight excluding hydrogens is 928 g/mol. The summed E-state index contributed by atoms with van der Waals surface area (Å²) in [6.45, 7) is -5.67. The summed E-state index contributed by atoms with van der Waals surface area (Å²) in [7, 11) is 0. The van der Waals surface area contributed by atoms with Gasteiger partial charge in [-0.25, -0.2) is 0 Å². The van der Waals surface area contributed by atoms with Crippen LogP contribution in [-0.4, -0.2) is 326 Å². The Hall–Kier alpha value is -1.24. The van der Waals surface area contributed by atoms with Crippen LogP contribution in [0.2, 0.25) is 0 Å². The molecule has 6 saturated heterocycles. The third-order valence-electron chi connectivity index (χ3n) is 12.4. The standard InChI is InChI=1S/C36H62O31/c37-1-7-13(43)14(44)21(51)32(58-7)64-27-9(3-39)60-34(23(53)16(27)46)66-29-11(5-41)62-36(25(55)18(29)48)67-30-12(6-42)61-35(24(54)19(30)49)65-28-10(4-40)59-33(22(52)17(28)47)63-26-8(2-38)57-31(56)20(50)15(26)45/h7-56H,1-6H2/t7?,8-,9-,10-,11-,12-,13?,14?,15-,16-,17-,18-,19-,20-,21?,22-,23-,24-,25-,26-,27-,28-,29-,30-,31+,32?,33-,34-,35-,36-/m1/s1. The Morgan fingerprint density at radius 3 is 0.687 bits per heavy atom. The highest BCUT2D eigenvalue weighted by Crippen LogP contribution is 2.36. The van der Waals surface area contributed by atoms with Crippen molar-refractivity contribution in [3.05, 3.63) is 0 Å². The molecule has 0 amide bonds. The van der Waals surface area contributed by atoms with Crippen LogP contribution in [0.25, 0.3) is 0 Å². The lowest BCUT2D eigenvalue weighted by atomic mass is 9.95. The van der Waals surface area contributed by atoms with E-state index in [4.69, 9.17) is 52.1 Å². The summed E-state index contributed by atoms with van der Waals surface area (Å²) in [6, 6.07) is 0. The van der Waals surface area contributed by atoms with Crippen LogP contribution in [0, 0.1) is 0 Å². The van der Waals surface area contributed by atoms with Gasteiger partial charge in [-0.15, -0.1) is 0 Å². The van der Waals surface area contributed by atoms with Gasteiger partial charge < -0.3 is 154 Å². The van der Waals surface area contributed by atoms with Crippen molar-refractivity contribution >= 4 is 0 Å². The molecular formula is C36H62O31. The Balaban J connectivity index is 1.07. The van der Waals surface area contributed by atoms with E-state index in [2.05, 4.69) is 0 Å². The highest BCUT2D eigenvalue weighted by molar-refractivity contribution is 5.00. The summed E-state index contributed by atoms with van der Waals surface area (Å²) in [5.41, 5.74) is 0. The largest absolute Gasteiger partial charge is 0.394 e. The fraction of sp³-hybridized carbons (Fsp3) is 1.00. The average Bonchev–Trinajstić information content (AvgIpc) is 3.32. The van der Waals surface area contributed by atoms with Crippen LogP contribution in [0.15, 0.2) is 0 Å². The van der Waals surface area contributed by atoms with Crippen molar-refractivity contribution in [3.63, 3.8) is 0 Å². The average molecular weight is 991 g/mol. The fourth-order valence-electron chi connectivity index (χ4n) is 8.52. The molecule has 0 aliphatic carbocycles. The Labute approximate surface area is 378 Å². The highest BCUT2D eigenvalue weighted by atomic mass is 16.8. The first-order valence-electron chi connectivity index (χ1n) is 21.1. The van der Waals surface area contributed by atoms with Crippen LogP contribution in [0.5, 0.6) is 0 Å². The van der Waals surface area contributed by atoms with Crippen molar-refractivity contribution < 1.29 is 154 Å². The Morgan fingerprint density at radius 1 is 0.224 bits per heavy atom. The topological polar surface area (TPSA) is 506 Å². The normalized spacial score (nSPS) is 53.4. The molecule has 31 nitrogen and oxygen atoms in total. The number of aliphatic hydroxyl groups excluding tert-OH is 20. The minimum atomic E-state index is -2.18. The lowest BCUT2D eigenvalue weighted by Crippen LogP contribution is -2.68. The van der Waals surface area contributed by atoms with Gasteiger partial charge in [0.25, 0.3) is 0 Å². The Kier molecular flexibility index (Phi) is 19.4. The number of hydrogen-bond acceptors (Lipinski definition) is 31. The van der Waals surface area contributed by atoms with Gasteiger partial charge in [0, 0.05) is 0 Å². The van der Waals surface area contributed by atoms with E-state index in [0.717, 1.165) is 0 Å². The summed E-state index contributed by atoms with van der Waals surface area (Å²) in [4.78, 5) is 0. The maximum atomic E-state index is 11.2. The quantitative estimate of drug-likeness (QED) is 0.0683. The van der Waals surface area contributed by atoms with E-state index in [9.17, 15) is 102 Å². The minimum absolute atomic E-state index is 0.830. The van der Waals surface area contributed by atoms with E-state index < -0.39 is 224 Å². The molecule has 20 N–H and O–H groups in total. The van der Waals surface area contributed by atoms with Gasteiger partial charge in [-0.3, -0.25) is 0 Å². The van der Waals surface area contributed by atoms with E-state index in [1.807, 2.05) is 0 Å². The van der Waals surface area contributed by atoms with Crippen molar-refractivity contribution in [1.82, 2.24) is 0 Å². The molecule has 6 rings (SSSR count). The molecule has 0 aromatic carbocycles. The molecule has 0 spiro atoms. The van der Waals surface area contributed by atoms with E-state index >= 15 is 0 Å². The maximum Gasteiger partial charge on any atom is 0.187 e. The molecule has 6 aliphatic rings. The van der Waals surface area contributed by atoms with Crippen LogP contribution in [0.4, 0.5) is 0 Å². The predicted molar refractivity (Wildman–Crippen MR) is 199 cm³/mol. The van der Waals surface area contributed by atoms with Crippen LogP contribution in [0.1, 0.15) is 0 Å². The van der Waals surface area contributed by atoms with Crippen LogP contribution < -0.4 is 0 Å². The summed E-state index contributed by atoms with van der Waals surface area (Å²) in [6.07, 6.45) is -56.5. The van der Waals surface area contributed by atoms with Gasteiger partial charge in [0.05, 0.1) is 39.6 Å². The number of aliphatic hydroxyl groups is 20. The maximum absolute atomic E-state index is 11.2. The zero-order valence-corrected chi connectivity index (χ0v) is 35.0. The van der Waals surface area contributed by atoms with Gasteiger partial charge in [0.2, 0.25) is 0 Å². The lowest BCUT2D eigenvalue weighted by Gasteiger charge is -2.49. The van der Waals surface area contributed by atoms with Crippen molar-refractivity contribution in [2.75, 3.05) is 39.6 Å². The molecule has 0 bridgehead atoms. The molecule has 6 heterocycles. The zero-order chi connectivity index (χ0) is 49.3. The lowest BCUT2D eigenvalue weighted by molar-refractivity contribution is -0.396. The number of rotatable bonds is 16. The summed E-state index contributed by atoms with van der Waals surface area (Å²) in [5, 5.41) is 209. The molecule has 30 atom stereocenters. The molecule has 0 aromatic heterocycles. The first-order chi connectivity index (χ1) is 31.8. The van der Waals surface area contributed by atoms with E-state index in [-0.39, 0.29) is 0 Å². The SMILES string of the molecule is OCC1OC(O[C@H]2[C@H](O)[C@@H](O)[C@@H](O[C@H]3[C@H](O)[C@@H](O)[C@@H](O[C@H]4[C@H](O)[C@@H](O)[C@@H](O[C@H]5[C@H](O)[C@@H](O)[C@@H](O[C@H]6[C@H](O)[C@@H](O)[C@@H](O)O[C@@H]6CO)O[C@@H]5CO)O[C@@H]4CO)O[C@@H]3CO)O[C@@H]2CO)C(O)C(O)C1O. The summed E-state index contributed by atoms with van der Waals surface area (Å²) < 4.78 is 60.5. The van der Waals surface area contributed by atoms with Gasteiger partial charge in [0.15, 0.2) is 37.7 Å². The molecule has 392 valence electrons. The number of hydrogen-bond donors (Lipinski definition) is 20. The Morgan fingerprint density at radius 2 is 0.433 bits per heavy atom. The van der Waals surface area contributed by atoms with E-state index in [0.29, 0.717) is 0 Å². The highest BCUT2D eigenvalue weighted by Gasteiger charge is 2.57. The predicted octanol–water partition coefficient (Wildman–Crippen LogP) is -14.1. The molecule has 67 heavy (non-hydrogen) atoms. The second kappa shape index (κ2) is 23.5. The molecule has 5 unspecified atom stereocenters. The molecule has 0 aromatic rings. The molecule has 31 heteroatoms. The molecule has 6 fully saturated rings. The smallest absolute Gasteiger partial charge is 0.187 e. The molecule has 0 saturated carbocycles. The first kappa shape index (κ1) is 55.1. The van der Waals surface area contributed by atoms with Gasteiger partial charge in [-0.1, -0.05) is 0 Å². The minimum Gasteiger partial charge on any atom is -0.394 e. The summed E-state index contributed by atoms with van der Waals surface area (Å²) in [5.74, 6) is 0. The van der Waals surface area contributed by atoms with Gasteiger partial charge in [-0.05, 0) is 0 Å². The van der Waals surface area contributed by atoms with Crippen LogP contribution in [-0.2, 0) is 52.1 Å². The van der Waals surface area contributed by atoms with Gasteiger partial charge in [-0.2, -0.15) is 0 Å². The second-order valence-electron chi connectivity index (χ2n) is 16.8. The van der Waals surface area contributed by atoms with E-state index in [1.54, 1.807) is 0 Å². The zero-order valence-electron chi connectivity index (χ0n) is 35.0. The second-order valence-corrected chi connectivity index (χ2v) is 16.8. The van der Waals surface area contributed by atoms with Crippen LogP contribution >= 0.6 is 0 Å². The van der Waals surface area contributed by atoms with E-state index in [1.165, 1.54) is 0 Å². The third-order valence-corrected chi connectivity index (χ3v) is 12.4. The van der Waals surface area contributed by atoms with Crippen molar-refractivity contribution in [1.29, 1.82) is 0 Å². The Bertz CT molecular complexity index is 1500. The van der Waals surface area contributed by atoms with Gasteiger partial charge in [0.1, 0.15) is 146 Å². The van der Waals surface area contributed by atoms with Crippen molar-refractivity contribution in [3.8, 4) is 0 Å². The monoisotopic (exact) mass is 990 g/mol. The van der Waals surface area contributed by atoms with Gasteiger partial charge >= 0.3 is 0 Å². The van der Waals surface area contributed by atoms with Crippen molar-refractivity contribution in [2.24, 2.45) is 0 Å².